The summed E-state index contributed by atoms with van der Waals surface area (Å²) in [6.45, 7) is 6.13. The zero-order valence-corrected chi connectivity index (χ0v) is 19.5. The molecular formula is C24H33N5O4. The summed E-state index contributed by atoms with van der Waals surface area (Å²) < 4.78 is 11.8. The number of rotatable bonds is 8. The van der Waals surface area contributed by atoms with Gasteiger partial charge < -0.3 is 24.2 Å². The van der Waals surface area contributed by atoms with Crippen LogP contribution in [0.2, 0.25) is 0 Å². The zero-order valence-electron chi connectivity index (χ0n) is 19.5. The molecule has 2 aromatic rings. The molecule has 1 aromatic heterocycles. The van der Waals surface area contributed by atoms with Crippen LogP contribution in [0.25, 0.3) is 0 Å². The first-order valence-electron chi connectivity index (χ1n) is 11.5. The highest BCUT2D eigenvalue weighted by Gasteiger charge is 2.31. The van der Waals surface area contributed by atoms with Gasteiger partial charge in [0.05, 0.1) is 44.2 Å². The van der Waals surface area contributed by atoms with Gasteiger partial charge in [-0.1, -0.05) is 12.1 Å². The fraction of sp³-hybridized carbons (Fsp3) is 0.542. The molecule has 0 saturated carbocycles. The summed E-state index contributed by atoms with van der Waals surface area (Å²) in [5.41, 5.74) is 2.92. The van der Waals surface area contributed by atoms with Crippen molar-refractivity contribution >= 4 is 17.3 Å². The first-order chi connectivity index (χ1) is 16.0. The van der Waals surface area contributed by atoms with E-state index in [0.717, 1.165) is 50.5 Å². The first kappa shape index (κ1) is 23.3. The Labute approximate surface area is 194 Å². The summed E-state index contributed by atoms with van der Waals surface area (Å²) >= 11 is 0. The van der Waals surface area contributed by atoms with Crippen molar-refractivity contribution in [1.29, 1.82) is 0 Å². The van der Waals surface area contributed by atoms with Crippen LogP contribution in [-0.2, 0) is 27.4 Å². The van der Waals surface area contributed by atoms with Crippen molar-refractivity contribution in [2.75, 3.05) is 70.0 Å². The number of aromatic nitrogens is 2. The molecule has 0 N–H and O–H groups in total. The topological polar surface area (TPSA) is 80.1 Å². The van der Waals surface area contributed by atoms with Crippen molar-refractivity contribution in [1.82, 2.24) is 14.7 Å². The fourth-order valence-corrected chi connectivity index (χ4v) is 4.44. The van der Waals surface area contributed by atoms with Gasteiger partial charge in [0.25, 0.3) is 5.56 Å². The number of amides is 1. The summed E-state index contributed by atoms with van der Waals surface area (Å²) in [5, 5.41) is 4.24. The SMILES string of the molecule is COCCn1ncc(N2CCC(C(=O)N(C)Cc3ccc(N4CCOCC4)cc3)C2)cc1=O. The number of carbonyl (C=O) groups excluding carboxylic acids is 1. The van der Waals surface area contributed by atoms with E-state index in [-0.39, 0.29) is 17.4 Å². The van der Waals surface area contributed by atoms with Gasteiger partial charge in [-0.05, 0) is 24.1 Å². The van der Waals surface area contributed by atoms with Crippen LogP contribution in [0.5, 0.6) is 0 Å². The highest BCUT2D eigenvalue weighted by atomic mass is 16.5. The van der Waals surface area contributed by atoms with Crippen molar-refractivity contribution in [2.45, 2.75) is 19.5 Å². The Morgan fingerprint density at radius 1 is 1.15 bits per heavy atom. The Kier molecular flexibility index (Phi) is 7.61. The van der Waals surface area contributed by atoms with Gasteiger partial charge >= 0.3 is 0 Å². The summed E-state index contributed by atoms with van der Waals surface area (Å²) in [4.78, 5) is 31.5. The minimum atomic E-state index is -0.156. The number of benzene rings is 1. The molecule has 1 aromatic carbocycles. The van der Waals surface area contributed by atoms with E-state index in [1.165, 1.54) is 10.4 Å². The molecule has 9 nitrogen and oxygen atoms in total. The number of hydrogen-bond acceptors (Lipinski definition) is 7. The smallest absolute Gasteiger partial charge is 0.268 e. The highest BCUT2D eigenvalue weighted by Crippen LogP contribution is 2.24. The van der Waals surface area contributed by atoms with Crippen molar-refractivity contribution in [3.63, 3.8) is 0 Å². The van der Waals surface area contributed by atoms with Gasteiger partial charge in [-0.3, -0.25) is 9.59 Å². The van der Waals surface area contributed by atoms with E-state index in [0.29, 0.717) is 26.2 Å². The second-order valence-electron chi connectivity index (χ2n) is 8.66. The predicted molar refractivity (Wildman–Crippen MR) is 127 cm³/mol. The Balaban J connectivity index is 1.31. The van der Waals surface area contributed by atoms with E-state index in [1.54, 1.807) is 24.3 Å². The number of anilines is 2. The Morgan fingerprint density at radius 2 is 1.91 bits per heavy atom. The van der Waals surface area contributed by atoms with Crippen LogP contribution in [0, 0.1) is 5.92 Å². The summed E-state index contributed by atoms with van der Waals surface area (Å²) in [5.74, 6) is 0.0506. The number of ether oxygens (including phenoxy) is 2. The van der Waals surface area contributed by atoms with Crippen molar-refractivity contribution < 1.29 is 14.3 Å². The number of morpholine rings is 1. The van der Waals surface area contributed by atoms with Gasteiger partial charge in [0.1, 0.15) is 0 Å². The van der Waals surface area contributed by atoms with E-state index in [4.69, 9.17) is 9.47 Å². The maximum atomic E-state index is 13.1. The van der Waals surface area contributed by atoms with Crippen molar-refractivity contribution in [3.8, 4) is 0 Å². The minimum Gasteiger partial charge on any atom is -0.383 e. The molecule has 1 amide bonds. The molecule has 2 fully saturated rings. The molecule has 9 heteroatoms. The molecular weight excluding hydrogens is 422 g/mol. The van der Waals surface area contributed by atoms with Crippen LogP contribution >= 0.6 is 0 Å². The Morgan fingerprint density at radius 3 is 2.61 bits per heavy atom. The average Bonchev–Trinajstić information content (AvgIpc) is 3.34. The fourth-order valence-electron chi connectivity index (χ4n) is 4.44. The van der Waals surface area contributed by atoms with Crippen LogP contribution in [-0.4, -0.2) is 80.7 Å². The lowest BCUT2D eigenvalue weighted by molar-refractivity contribution is -0.134. The van der Waals surface area contributed by atoms with E-state index in [2.05, 4.69) is 39.2 Å². The normalized spacial score (nSPS) is 18.5. The lowest BCUT2D eigenvalue weighted by atomic mass is 10.1. The highest BCUT2D eigenvalue weighted by molar-refractivity contribution is 5.80. The average molecular weight is 456 g/mol. The van der Waals surface area contributed by atoms with E-state index >= 15 is 0 Å². The largest absolute Gasteiger partial charge is 0.383 e. The van der Waals surface area contributed by atoms with Gasteiger partial charge in [0.15, 0.2) is 0 Å². The third kappa shape index (κ3) is 5.72. The zero-order chi connectivity index (χ0) is 23.2. The first-order valence-corrected chi connectivity index (χ1v) is 11.5. The molecule has 1 unspecified atom stereocenters. The van der Waals surface area contributed by atoms with E-state index in [1.807, 2.05) is 7.05 Å². The molecule has 1 atom stereocenters. The molecule has 2 saturated heterocycles. The minimum absolute atomic E-state index is 0.0847. The summed E-state index contributed by atoms with van der Waals surface area (Å²) in [7, 11) is 3.46. The molecule has 0 bridgehead atoms. The number of nitrogens with zero attached hydrogens (tertiary/aromatic N) is 5. The molecule has 2 aliphatic heterocycles. The van der Waals surface area contributed by atoms with Gasteiger partial charge in [0, 0.05) is 58.6 Å². The second kappa shape index (κ2) is 10.8. The lowest BCUT2D eigenvalue weighted by Crippen LogP contribution is -2.36. The number of hydrogen-bond donors (Lipinski definition) is 0. The van der Waals surface area contributed by atoms with Gasteiger partial charge in [0.2, 0.25) is 5.91 Å². The molecule has 2 aliphatic rings. The van der Waals surface area contributed by atoms with Crippen LogP contribution in [0.15, 0.2) is 41.3 Å². The van der Waals surface area contributed by atoms with Crippen LogP contribution in [0.4, 0.5) is 11.4 Å². The van der Waals surface area contributed by atoms with Crippen molar-refractivity contribution in [2.24, 2.45) is 5.92 Å². The van der Waals surface area contributed by atoms with E-state index < -0.39 is 0 Å². The monoisotopic (exact) mass is 455 g/mol. The van der Waals surface area contributed by atoms with Gasteiger partial charge in [-0.25, -0.2) is 4.68 Å². The van der Waals surface area contributed by atoms with Crippen LogP contribution < -0.4 is 15.4 Å². The molecule has 0 aliphatic carbocycles. The number of methoxy groups -OCH3 is 1. The third-order valence-electron chi connectivity index (χ3n) is 6.37. The maximum Gasteiger partial charge on any atom is 0.268 e. The third-order valence-corrected chi connectivity index (χ3v) is 6.37. The van der Waals surface area contributed by atoms with Crippen LogP contribution in [0.1, 0.15) is 12.0 Å². The molecule has 4 rings (SSSR count). The molecule has 178 valence electrons. The second-order valence-corrected chi connectivity index (χ2v) is 8.66. The Hall–Kier alpha value is -2.91. The van der Waals surface area contributed by atoms with E-state index in [9.17, 15) is 9.59 Å². The van der Waals surface area contributed by atoms with Crippen molar-refractivity contribution in [3.05, 3.63) is 52.4 Å². The Bertz CT molecular complexity index is 987. The standard InChI is InChI=1S/C24H33N5O4/c1-26(17-19-3-5-21(6-4-19)27-9-13-33-14-10-27)24(31)20-7-8-28(18-20)22-15-23(30)29(25-16-22)11-12-32-2/h3-6,15-16,20H,7-14,17-18H2,1-2H3. The molecule has 33 heavy (non-hydrogen) atoms. The predicted octanol–water partition coefficient (Wildman–Crippen LogP) is 1.21. The molecule has 3 heterocycles. The molecule has 0 spiro atoms. The summed E-state index contributed by atoms with van der Waals surface area (Å²) in [6, 6.07) is 10.0. The van der Waals surface area contributed by atoms with Gasteiger partial charge in [-0.2, -0.15) is 5.10 Å². The van der Waals surface area contributed by atoms with Crippen LogP contribution in [0.3, 0.4) is 0 Å². The quantitative estimate of drug-likeness (QED) is 0.592. The summed E-state index contributed by atoms with van der Waals surface area (Å²) in [6.07, 6.45) is 2.47. The van der Waals surface area contributed by atoms with Gasteiger partial charge in [-0.15, -0.1) is 0 Å². The lowest BCUT2D eigenvalue weighted by Gasteiger charge is -2.29. The molecule has 0 radical (unpaired) electrons. The maximum absolute atomic E-state index is 13.1. The number of carbonyl (C=O) groups is 1.